The second kappa shape index (κ2) is 4.45. The molecule has 2 heterocycles. The molecule has 2 N–H and O–H groups in total. The minimum Gasteiger partial charge on any atom is -0.369 e. The van der Waals surface area contributed by atoms with Crippen LogP contribution in [-0.4, -0.2) is 34.1 Å². The highest BCUT2D eigenvalue weighted by Gasteiger charge is 2.24. The number of nitrogen functional groups attached to an aromatic ring is 1. The number of aromatic nitrogens is 2. The van der Waals surface area contributed by atoms with E-state index in [1.807, 2.05) is 7.05 Å². The Morgan fingerprint density at radius 1 is 1.42 bits per heavy atom. The first-order valence-electron chi connectivity index (χ1n) is 6.38. The van der Waals surface area contributed by atoms with E-state index in [0.717, 1.165) is 25.5 Å². The molecule has 1 aliphatic rings. The van der Waals surface area contributed by atoms with Gasteiger partial charge in [0, 0.05) is 12.6 Å². The number of imidazole rings is 1. The van der Waals surface area contributed by atoms with Crippen LogP contribution in [0.2, 0.25) is 0 Å². The standard InChI is InChI=1S/C13H16F2N4/c1-18-6-2-3-8(18)7-19-12-10(17-13(19)16)5-4-9(14)11(12)15/h4-5,8H,2-3,6-7H2,1H3,(H2,16,17). The van der Waals surface area contributed by atoms with Gasteiger partial charge in [0.2, 0.25) is 5.95 Å². The van der Waals surface area contributed by atoms with Gasteiger partial charge < -0.3 is 15.2 Å². The van der Waals surface area contributed by atoms with Crippen molar-refractivity contribution < 1.29 is 8.78 Å². The lowest BCUT2D eigenvalue weighted by molar-refractivity contribution is 0.284. The van der Waals surface area contributed by atoms with Crippen molar-refractivity contribution in [1.29, 1.82) is 0 Å². The van der Waals surface area contributed by atoms with Gasteiger partial charge >= 0.3 is 0 Å². The molecule has 1 fully saturated rings. The summed E-state index contributed by atoms with van der Waals surface area (Å²) in [7, 11) is 2.03. The lowest BCUT2D eigenvalue weighted by atomic mass is 10.2. The van der Waals surface area contributed by atoms with Crippen LogP contribution in [0.3, 0.4) is 0 Å². The number of rotatable bonds is 2. The molecule has 0 radical (unpaired) electrons. The van der Waals surface area contributed by atoms with Gasteiger partial charge in [-0.2, -0.15) is 0 Å². The number of halogens is 2. The Balaban J connectivity index is 2.07. The minimum absolute atomic E-state index is 0.165. The Bertz CT molecular complexity index is 623. The van der Waals surface area contributed by atoms with Gasteiger partial charge in [-0.25, -0.2) is 13.8 Å². The Hall–Kier alpha value is -1.69. The third-order valence-electron chi connectivity index (χ3n) is 3.89. The summed E-state index contributed by atoms with van der Waals surface area (Å²) >= 11 is 0. The Morgan fingerprint density at radius 3 is 2.89 bits per heavy atom. The van der Waals surface area contributed by atoms with Crippen molar-refractivity contribution >= 4 is 17.0 Å². The van der Waals surface area contributed by atoms with E-state index in [1.165, 1.54) is 6.07 Å². The fourth-order valence-electron chi connectivity index (χ4n) is 2.78. The SMILES string of the molecule is CN1CCCC1Cn1c(N)nc2ccc(F)c(F)c21. The fraction of sp³-hybridized carbons (Fsp3) is 0.462. The second-order valence-electron chi connectivity index (χ2n) is 5.09. The molecule has 3 rings (SSSR count). The van der Waals surface area contributed by atoms with Crippen molar-refractivity contribution in [3.8, 4) is 0 Å². The van der Waals surface area contributed by atoms with Crippen molar-refractivity contribution in [2.45, 2.75) is 25.4 Å². The van der Waals surface area contributed by atoms with Gasteiger partial charge in [0.1, 0.15) is 5.52 Å². The highest BCUT2D eigenvalue weighted by atomic mass is 19.2. The molecule has 4 nitrogen and oxygen atoms in total. The summed E-state index contributed by atoms with van der Waals surface area (Å²) in [6, 6.07) is 2.83. The molecule has 2 aromatic rings. The Morgan fingerprint density at radius 2 is 2.21 bits per heavy atom. The molecule has 19 heavy (non-hydrogen) atoms. The second-order valence-corrected chi connectivity index (χ2v) is 5.09. The van der Waals surface area contributed by atoms with Crippen LogP contribution < -0.4 is 5.73 Å². The van der Waals surface area contributed by atoms with Crippen molar-refractivity contribution in [2.24, 2.45) is 0 Å². The maximum absolute atomic E-state index is 13.9. The van der Waals surface area contributed by atoms with Crippen LogP contribution in [0.25, 0.3) is 11.0 Å². The number of hydrogen-bond acceptors (Lipinski definition) is 3. The zero-order chi connectivity index (χ0) is 13.6. The number of anilines is 1. The highest BCUT2D eigenvalue weighted by Crippen LogP contribution is 2.25. The van der Waals surface area contributed by atoms with Crippen molar-refractivity contribution in [3.05, 3.63) is 23.8 Å². The normalized spacial score (nSPS) is 20.5. The largest absolute Gasteiger partial charge is 0.369 e. The molecular formula is C13H16F2N4. The Kier molecular flexibility index (Phi) is 2.89. The van der Waals surface area contributed by atoms with Gasteiger partial charge in [0.25, 0.3) is 0 Å². The first kappa shape index (κ1) is 12.3. The van der Waals surface area contributed by atoms with Crippen molar-refractivity contribution in [2.75, 3.05) is 19.3 Å². The summed E-state index contributed by atoms with van der Waals surface area (Å²) in [4.78, 5) is 6.31. The molecule has 1 unspecified atom stereocenters. The molecule has 0 bridgehead atoms. The van der Waals surface area contributed by atoms with Crippen LogP contribution in [0.1, 0.15) is 12.8 Å². The summed E-state index contributed by atoms with van der Waals surface area (Å²) in [6.45, 7) is 1.56. The molecule has 1 aromatic heterocycles. The number of benzene rings is 1. The van der Waals surface area contributed by atoms with E-state index in [9.17, 15) is 8.78 Å². The zero-order valence-corrected chi connectivity index (χ0v) is 10.7. The lowest BCUT2D eigenvalue weighted by Crippen LogP contribution is -2.29. The van der Waals surface area contributed by atoms with Gasteiger partial charge in [-0.3, -0.25) is 0 Å². The van der Waals surface area contributed by atoms with Gasteiger partial charge in [-0.1, -0.05) is 0 Å². The molecule has 1 aromatic carbocycles. The van der Waals surface area contributed by atoms with Crippen molar-refractivity contribution in [3.63, 3.8) is 0 Å². The van der Waals surface area contributed by atoms with E-state index in [0.29, 0.717) is 18.1 Å². The topological polar surface area (TPSA) is 47.1 Å². The van der Waals surface area contributed by atoms with E-state index in [2.05, 4.69) is 9.88 Å². The summed E-state index contributed by atoms with van der Waals surface area (Å²) in [6.07, 6.45) is 2.15. The molecule has 1 atom stereocenters. The molecule has 1 saturated heterocycles. The summed E-state index contributed by atoms with van der Waals surface area (Å²) in [5.74, 6) is -1.50. The number of nitrogens with zero attached hydrogens (tertiary/aromatic N) is 3. The lowest BCUT2D eigenvalue weighted by Gasteiger charge is -2.20. The zero-order valence-electron chi connectivity index (χ0n) is 10.7. The van der Waals surface area contributed by atoms with Crippen molar-refractivity contribution in [1.82, 2.24) is 14.5 Å². The summed E-state index contributed by atoms with van der Waals surface area (Å²) < 4.78 is 28.9. The molecular weight excluding hydrogens is 250 g/mol. The first-order valence-corrected chi connectivity index (χ1v) is 6.38. The maximum atomic E-state index is 13.9. The fourth-order valence-corrected chi connectivity index (χ4v) is 2.78. The molecule has 0 spiro atoms. The van der Waals surface area contributed by atoms with E-state index in [1.54, 1.807) is 4.57 Å². The average molecular weight is 266 g/mol. The van der Waals surface area contributed by atoms with E-state index in [-0.39, 0.29) is 11.5 Å². The van der Waals surface area contributed by atoms with Crippen LogP contribution in [0.15, 0.2) is 12.1 Å². The number of likely N-dealkylation sites (N-methyl/N-ethyl adjacent to an activating group) is 1. The third-order valence-corrected chi connectivity index (χ3v) is 3.89. The van der Waals surface area contributed by atoms with Gasteiger partial charge in [-0.15, -0.1) is 0 Å². The van der Waals surface area contributed by atoms with Gasteiger partial charge in [0.15, 0.2) is 11.6 Å². The molecule has 0 amide bonds. The number of nitrogens with two attached hydrogens (primary N) is 1. The molecule has 6 heteroatoms. The number of likely N-dealkylation sites (tertiary alicyclic amines) is 1. The van der Waals surface area contributed by atoms with E-state index >= 15 is 0 Å². The predicted octanol–water partition coefficient (Wildman–Crippen LogP) is 1.99. The quantitative estimate of drug-likeness (QED) is 0.904. The van der Waals surface area contributed by atoms with Crippen LogP contribution in [-0.2, 0) is 6.54 Å². The highest BCUT2D eigenvalue weighted by molar-refractivity contribution is 5.79. The molecule has 102 valence electrons. The average Bonchev–Trinajstić information content (AvgIpc) is 2.91. The summed E-state index contributed by atoms with van der Waals surface area (Å²) in [5.41, 5.74) is 6.40. The third kappa shape index (κ3) is 1.96. The predicted molar refractivity (Wildman–Crippen MR) is 69.7 cm³/mol. The van der Waals surface area contributed by atoms with E-state index in [4.69, 9.17) is 5.73 Å². The Labute approximate surface area is 109 Å². The monoisotopic (exact) mass is 266 g/mol. The first-order chi connectivity index (χ1) is 9.08. The molecule has 0 aliphatic carbocycles. The molecule has 1 aliphatic heterocycles. The van der Waals surface area contributed by atoms with Crippen LogP contribution in [0, 0.1) is 11.6 Å². The van der Waals surface area contributed by atoms with Crippen LogP contribution in [0.5, 0.6) is 0 Å². The van der Waals surface area contributed by atoms with Gasteiger partial charge in [-0.05, 0) is 38.6 Å². The van der Waals surface area contributed by atoms with Crippen LogP contribution >= 0.6 is 0 Å². The smallest absolute Gasteiger partial charge is 0.201 e. The number of hydrogen-bond donors (Lipinski definition) is 1. The number of fused-ring (bicyclic) bond motifs is 1. The van der Waals surface area contributed by atoms with Crippen LogP contribution in [0.4, 0.5) is 14.7 Å². The van der Waals surface area contributed by atoms with Gasteiger partial charge in [0.05, 0.1) is 5.52 Å². The molecule has 0 saturated carbocycles. The van der Waals surface area contributed by atoms with E-state index < -0.39 is 11.6 Å². The minimum atomic E-state index is -0.873. The maximum Gasteiger partial charge on any atom is 0.201 e. The summed E-state index contributed by atoms with van der Waals surface area (Å²) in [5, 5.41) is 0.